The van der Waals surface area contributed by atoms with E-state index < -0.39 is 0 Å². The molecule has 0 saturated heterocycles. The summed E-state index contributed by atoms with van der Waals surface area (Å²) in [5.41, 5.74) is 4.54. The maximum Gasteiger partial charge on any atom is 0.227 e. The maximum absolute atomic E-state index is 11.7. The molecule has 21 heavy (non-hydrogen) atoms. The molecular weight excluding hydrogens is 350 g/mol. The number of hydrogen-bond acceptors (Lipinski definition) is 1. The van der Waals surface area contributed by atoms with Crippen molar-refractivity contribution >= 4 is 39.1 Å². The van der Waals surface area contributed by atoms with Crippen LogP contribution >= 0.6 is 27.5 Å². The minimum absolute atomic E-state index is 0.101. The second-order valence-electron chi connectivity index (χ2n) is 5.26. The second-order valence-corrected chi connectivity index (χ2v) is 6.61. The monoisotopic (exact) mass is 363 g/mol. The van der Waals surface area contributed by atoms with E-state index in [1.807, 2.05) is 31.3 Å². The van der Waals surface area contributed by atoms with E-state index in [4.69, 9.17) is 11.6 Å². The van der Waals surface area contributed by atoms with E-state index in [2.05, 4.69) is 34.1 Å². The Bertz CT molecular complexity index is 701. The van der Waals surface area contributed by atoms with Gasteiger partial charge in [0.15, 0.2) is 0 Å². The van der Waals surface area contributed by atoms with Crippen molar-refractivity contribution in [3.05, 3.63) is 64.2 Å². The summed E-state index contributed by atoms with van der Waals surface area (Å²) in [5.74, 6) is 0.181. The highest BCUT2D eigenvalue weighted by Gasteiger charge is 2.22. The number of rotatable bonds is 2. The number of carbonyl (C=O) groups excluding carboxylic acids is 1. The standard InChI is InChI=1S/C17H15BrClNO/c1-20-15-7-5-13(9-11(15)6-8-16(20)21)17(18)12-3-2-4-14(19)10-12/h2-5,7,9-10,17H,6,8H2,1H3. The lowest BCUT2D eigenvalue weighted by molar-refractivity contribution is -0.118. The molecule has 4 heteroatoms. The van der Waals surface area contributed by atoms with Crippen LogP contribution in [0.4, 0.5) is 5.69 Å². The average Bonchev–Trinajstić information content (AvgIpc) is 2.50. The number of carbonyl (C=O) groups is 1. The van der Waals surface area contributed by atoms with Crippen LogP contribution in [0, 0.1) is 0 Å². The van der Waals surface area contributed by atoms with E-state index in [1.54, 1.807) is 4.90 Å². The van der Waals surface area contributed by atoms with E-state index in [0.29, 0.717) is 6.42 Å². The Kier molecular flexibility index (Phi) is 4.05. The Morgan fingerprint density at radius 1 is 1.14 bits per heavy atom. The minimum atomic E-state index is 0.101. The smallest absolute Gasteiger partial charge is 0.227 e. The van der Waals surface area contributed by atoms with Crippen molar-refractivity contribution in [2.45, 2.75) is 17.7 Å². The molecule has 2 aromatic carbocycles. The van der Waals surface area contributed by atoms with E-state index in [0.717, 1.165) is 22.7 Å². The molecule has 1 heterocycles. The molecule has 0 aliphatic carbocycles. The van der Waals surface area contributed by atoms with Crippen LogP contribution in [-0.4, -0.2) is 13.0 Å². The number of amides is 1. The highest BCUT2D eigenvalue weighted by atomic mass is 79.9. The van der Waals surface area contributed by atoms with Crippen molar-refractivity contribution < 1.29 is 4.79 Å². The number of hydrogen-bond donors (Lipinski definition) is 0. The number of nitrogens with zero attached hydrogens (tertiary/aromatic N) is 1. The van der Waals surface area contributed by atoms with E-state index >= 15 is 0 Å². The normalized spacial score (nSPS) is 15.8. The van der Waals surface area contributed by atoms with Gasteiger partial charge in [0.25, 0.3) is 0 Å². The average molecular weight is 365 g/mol. The first-order valence-electron chi connectivity index (χ1n) is 6.85. The lowest BCUT2D eigenvalue weighted by Crippen LogP contribution is -2.31. The summed E-state index contributed by atoms with van der Waals surface area (Å²) >= 11 is 9.81. The van der Waals surface area contributed by atoms with Crippen LogP contribution in [0.5, 0.6) is 0 Å². The van der Waals surface area contributed by atoms with Crippen molar-refractivity contribution in [2.24, 2.45) is 0 Å². The molecule has 108 valence electrons. The Balaban J connectivity index is 1.95. The highest BCUT2D eigenvalue weighted by molar-refractivity contribution is 9.09. The van der Waals surface area contributed by atoms with Crippen LogP contribution in [0.1, 0.15) is 27.9 Å². The van der Waals surface area contributed by atoms with Gasteiger partial charge < -0.3 is 4.90 Å². The van der Waals surface area contributed by atoms with E-state index in [-0.39, 0.29) is 10.7 Å². The fourth-order valence-electron chi connectivity index (χ4n) is 2.69. The predicted molar refractivity (Wildman–Crippen MR) is 90.4 cm³/mol. The first-order valence-corrected chi connectivity index (χ1v) is 8.14. The van der Waals surface area contributed by atoms with Crippen molar-refractivity contribution in [2.75, 3.05) is 11.9 Å². The molecule has 3 rings (SSSR count). The summed E-state index contributed by atoms with van der Waals surface area (Å²) < 4.78 is 0. The fourth-order valence-corrected chi connectivity index (χ4v) is 3.46. The molecule has 1 amide bonds. The van der Waals surface area contributed by atoms with Crippen molar-refractivity contribution in [3.8, 4) is 0 Å². The molecule has 2 aromatic rings. The van der Waals surface area contributed by atoms with Crippen LogP contribution in [0.2, 0.25) is 5.02 Å². The summed E-state index contributed by atoms with van der Waals surface area (Å²) in [5, 5.41) is 0.736. The maximum atomic E-state index is 11.7. The lowest BCUT2D eigenvalue weighted by Gasteiger charge is -2.26. The molecule has 0 spiro atoms. The van der Waals surface area contributed by atoms with Gasteiger partial charge in [0.2, 0.25) is 5.91 Å². The molecule has 0 radical (unpaired) electrons. The van der Waals surface area contributed by atoms with Crippen molar-refractivity contribution in [3.63, 3.8) is 0 Å². The van der Waals surface area contributed by atoms with Gasteiger partial charge in [-0.05, 0) is 41.3 Å². The highest BCUT2D eigenvalue weighted by Crippen LogP contribution is 2.36. The second kappa shape index (κ2) is 5.82. The summed E-state index contributed by atoms with van der Waals surface area (Å²) in [7, 11) is 1.84. The Hall–Kier alpha value is -1.32. The number of benzene rings is 2. The van der Waals surface area contributed by atoms with Gasteiger partial charge in [0, 0.05) is 24.2 Å². The first-order chi connectivity index (χ1) is 10.1. The molecule has 0 N–H and O–H groups in total. The molecule has 0 fully saturated rings. The lowest BCUT2D eigenvalue weighted by atomic mass is 9.96. The van der Waals surface area contributed by atoms with Gasteiger partial charge in [0.05, 0.1) is 4.83 Å². The molecule has 0 aromatic heterocycles. The van der Waals surface area contributed by atoms with Crippen LogP contribution in [0.15, 0.2) is 42.5 Å². The minimum Gasteiger partial charge on any atom is -0.315 e. The molecule has 1 unspecified atom stereocenters. The van der Waals surface area contributed by atoms with Crippen LogP contribution < -0.4 is 4.90 Å². The van der Waals surface area contributed by atoms with Crippen molar-refractivity contribution in [1.29, 1.82) is 0 Å². The third-order valence-corrected chi connectivity index (χ3v) is 5.17. The predicted octanol–water partition coefficient (Wildman–Crippen LogP) is 4.73. The molecule has 1 aliphatic rings. The zero-order chi connectivity index (χ0) is 15.0. The van der Waals surface area contributed by atoms with Gasteiger partial charge in [-0.2, -0.15) is 0 Å². The third-order valence-electron chi connectivity index (χ3n) is 3.88. The Morgan fingerprint density at radius 3 is 2.67 bits per heavy atom. The molecule has 1 atom stereocenters. The summed E-state index contributed by atoms with van der Waals surface area (Å²) in [6, 6.07) is 14.1. The topological polar surface area (TPSA) is 20.3 Å². The zero-order valence-corrected chi connectivity index (χ0v) is 14.0. The Labute approximate surface area is 137 Å². The summed E-state index contributed by atoms with van der Waals surface area (Å²) in [6.45, 7) is 0. The number of fused-ring (bicyclic) bond motifs is 1. The van der Waals surface area contributed by atoms with Gasteiger partial charge >= 0.3 is 0 Å². The van der Waals surface area contributed by atoms with Crippen LogP contribution in [0.3, 0.4) is 0 Å². The first kappa shape index (κ1) is 14.6. The number of halogens is 2. The largest absolute Gasteiger partial charge is 0.315 e. The summed E-state index contributed by atoms with van der Waals surface area (Å²) in [4.78, 5) is 13.6. The molecule has 1 aliphatic heterocycles. The summed E-state index contributed by atoms with van der Waals surface area (Å²) in [6.07, 6.45) is 1.39. The SMILES string of the molecule is CN1C(=O)CCc2cc(C(Br)c3cccc(Cl)c3)ccc21. The third kappa shape index (κ3) is 2.85. The number of aryl methyl sites for hydroxylation is 1. The van der Waals surface area contributed by atoms with Gasteiger partial charge in [-0.3, -0.25) is 4.79 Å². The Morgan fingerprint density at radius 2 is 1.90 bits per heavy atom. The van der Waals surface area contributed by atoms with Gasteiger partial charge in [0.1, 0.15) is 0 Å². The van der Waals surface area contributed by atoms with E-state index in [9.17, 15) is 4.79 Å². The van der Waals surface area contributed by atoms with Crippen LogP contribution in [0.25, 0.3) is 0 Å². The van der Waals surface area contributed by atoms with Gasteiger partial charge in [-0.15, -0.1) is 0 Å². The number of anilines is 1. The zero-order valence-electron chi connectivity index (χ0n) is 11.6. The van der Waals surface area contributed by atoms with Gasteiger partial charge in [-0.25, -0.2) is 0 Å². The fraction of sp³-hybridized carbons (Fsp3) is 0.235. The molecular formula is C17H15BrClNO. The van der Waals surface area contributed by atoms with Gasteiger partial charge in [-0.1, -0.05) is 51.8 Å². The van der Waals surface area contributed by atoms with E-state index in [1.165, 1.54) is 11.1 Å². The molecule has 0 saturated carbocycles. The van der Waals surface area contributed by atoms with Crippen LogP contribution in [-0.2, 0) is 11.2 Å². The van der Waals surface area contributed by atoms with Crippen molar-refractivity contribution in [1.82, 2.24) is 0 Å². The molecule has 0 bridgehead atoms. The quantitative estimate of drug-likeness (QED) is 0.705. The molecule has 2 nitrogen and oxygen atoms in total. The number of alkyl halides is 1.